The van der Waals surface area contributed by atoms with Crippen molar-refractivity contribution in [3.63, 3.8) is 0 Å². The van der Waals surface area contributed by atoms with Gasteiger partial charge in [-0.2, -0.15) is 0 Å². The largest absolute Gasteiger partial charge is 0.443 e. The van der Waals surface area contributed by atoms with Crippen LogP contribution in [-0.2, 0) is 16.1 Å². The third kappa shape index (κ3) is 4.81. The second kappa shape index (κ2) is 9.00. The highest BCUT2D eigenvalue weighted by Gasteiger charge is 2.32. The summed E-state index contributed by atoms with van der Waals surface area (Å²) in [5.41, 5.74) is 4.87. The van der Waals surface area contributed by atoms with Crippen molar-refractivity contribution in [3.05, 3.63) is 45.6 Å². The number of nitrogens with one attached hydrogen (secondary N) is 2. The van der Waals surface area contributed by atoms with E-state index in [1.54, 1.807) is 4.90 Å². The van der Waals surface area contributed by atoms with E-state index in [0.717, 1.165) is 33.5 Å². The molecule has 2 amide bonds. The van der Waals surface area contributed by atoms with Crippen LogP contribution in [0, 0.1) is 0 Å². The molecule has 2 aliphatic heterocycles. The Morgan fingerprint density at radius 1 is 1.21 bits per heavy atom. The maximum absolute atomic E-state index is 12.3. The highest BCUT2D eigenvalue weighted by Crippen LogP contribution is 2.25. The number of carbonyl (C=O) groups excluding carboxylic acids is 2. The number of thiophene rings is 1. The van der Waals surface area contributed by atoms with Crippen molar-refractivity contribution in [2.75, 3.05) is 42.6 Å². The summed E-state index contributed by atoms with van der Waals surface area (Å²) < 4.78 is 6.25. The van der Waals surface area contributed by atoms with Crippen molar-refractivity contribution in [1.29, 1.82) is 0 Å². The van der Waals surface area contributed by atoms with Gasteiger partial charge >= 0.3 is 6.09 Å². The monoisotopic (exact) mass is 435 g/mol. The Balaban J connectivity index is 1.29. The van der Waals surface area contributed by atoms with Gasteiger partial charge in [-0.3, -0.25) is 14.7 Å². The lowest BCUT2D eigenvalue weighted by atomic mass is 10.2. The van der Waals surface area contributed by atoms with E-state index in [1.807, 2.05) is 36.4 Å². The van der Waals surface area contributed by atoms with Crippen LogP contribution < -0.4 is 20.5 Å². The normalized spacial score (nSPS) is 19.6. The predicted octanol–water partition coefficient (Wildman–Crippen LogP) is 2.26. The van der Waals surface area contributed by atoms with E-state index in [9.17, 15) is 9.59 Å². The lowest BCUT2D eigenvalue weighted by molar-refractivity contribution is -0.121. The molecule has 2 aromatic rings. The molecule has 0 bridgehead atoms. The van der Waals surface area contributed by atoms with E-state index in [4.69, 9.17) is 16.3 Å². The van der Waals surface area contributed by atoms with Crippen LogP contribution in [0.25, 0.3) is 0 Å². The van der Waals surface area contributed by atoms with Gasteiger partial charge in [0, 0.05) is 35.9 Å². The molecule has 1 unspecified atom stereocenters. The number of halogens is 1. The van der Waals surface area contributed by atoms with Crippen molar-refractivity contribution in [2.24, 2.45) is 0 Å². The number of hydrogen-bond donors (Lipinski definition) is 2. The molecule has 1 aromatic heterocycles. The molecule has 2 fully saturated rings. The van der Waals surface area contributed by atoms with E-state index < -0.39 is 0 Å². The number of carbonyl (C=O) groups is 2. The number of hydrogen-bond acceptors (Lipinski definition) is 7. The van der Waals surface area contributed by atoms with Gasteiger partial charge < -0.3 is 15.0 Å². The summed E-state index contributed by atoms with van der Waals surface area (Å²) in [6.07, 6.45) is 0.267. The summed E-state index contributed by atoms with van der Waals surface area (Å²) in [7, 11) is 0. The van der Waals surface area contributed by atoms with Crippen LogP contribution >= 0.6 is 22.9 Å². The molecule has 4 rings (SSSR count). The van der Waals surface area contributed by atoms with E-state index in [2.05, 4.69) is 15.6 Å². The lowest BCUT2D eigenvalue weighted by Gasteiger charge is -2.34. The first-order valence-corrected chi connectivity index (χ1v) is 10.6. The Labute approximate surface area is 177 Å². The molecule has 1 aromatic carbocycles. The number of nitrogens with zero attached hydrogens (tertiary/aromatic N) is 3. The highest BCUT2D eigenvalue weighted by atomic mass is 35.5. The first-order chi connectivity index (χ1) is 14.1. The molecule has 3 heterocycles. The SMILES string of the molecule is O=CN1CCN(c2ccc(N3CC(CNCc4ccc(Cl)s4)OC3=O)cc2)CN1. The zero-order chi connectivity index (χ0) is 20.2. The van der Waals surface area contributed by atoms with Crippen LogP contribution in [0.3, 0.4) is 0 Å². The molecule has 1 atom stereocenters. The lowest BCUT2D eigenvalue weighted by Crippen LogP contribution is -2.53. The van der Waals surface area contributed by atoms with Crippen LogP contribution in [0.4, 0.5) is 16.2 Å². The molecule has 2 aliphatic rings. The Hall–Kier alpha value is -2.33. The first-order valence-electron chi connectivity index (χ1n) is 9.36. The second-order valence-corrected chi connectivity index (χ2v) is 8.65. The molecule has 0 aliphatic carbocycles. The van der Waals surface area contributed by atoms with Crippen molar-refractivity contribution >= 4 is 46.8 Å². The molecule has 0 radical (unpaired) electrons. The van der Waals surface area contributed by atoms with Gasteiger partial charge in [-0.1, -0.05) is 11.6 Å². The molecular formula is C19H22ClN5O3S. The van der Waals surface area contributed by atoms with Crippen molar-refractivity contribution in [3.8, 4) is 0 Å². The Kier molecular flexibility index (Phi) is 6.19. The molecule has 0 saturated carbocycles. The molecule has 8 nitrogen and oxygen atoms in total. The minimum Gasteiger partial charge on any atom is -0.443 e. The number of benzene rings is 1. The van der Waals surface area contributed by atoms with E-state index in [1.165, 1.54) is 16.3 Å². The van der Waals surface area contributed by atoms with Crippen LogP contribution in [0.2, 0.25) is 4.34 Å². The van der Waals surface area contributed by atoms with Crippen molar-refractivity contribution in [2.45, 2.75) is 12.6 Å². The summed E-state index contributed by atoms with van der Waals surface area (Å²) in [6.45, 7) is 3.73. The first kappa shape index (κ1) is 20.0. The summed E-state index contributed by atoms with van der Waals surface area (Å²) >= 11 is 7.48. The number of anilines is 2. The van der Waals surface area contributed by atoms with Crippen LogP contribution in [-0.4, -0.2) is 56.5 Å². The molecule has 10 heteroatoms. The smallest absolute Gasteiger partial charge is 0.414 e. The molecule has 2 N–H and O–H groups in total. The predicted molar refractivity (Wildman–Crippen MR) is 113 cm³/mol. The summed E-state index contributed by atoms with van der Waals surface area (Å²) in [5.74, 6) is 0. The van der Waals surface area contributed by atoms with Gasteiger partial charge in [-0.05, 0) is 36.4 Å². The summed E-state index contributed by atoms with van der Waals surface area (Å²) in [4.78, 5) is 28.0. The standard InChI is InChI=1S/C19H22ClN5O3S/c20-18-6-5-17(29-18)10-21-9-16-11-25(19(27)28-16)15-3-1-14(2-4-15)23-7-8-24(13-26)22-12-23/h1-6,13,16,21-22H,7-12H2. The average Bonchev–Trinajstić information content (AvgIpc) is 3.33. The van der Waals surface area contributed by atoms with Gasteiger partial charge in [-0.15, -0.1) is 11.3 Å². The molecular weight excluding hydrogens is 414 g/mol. The quantitative estimate of drug-likeness (QED) is 0.650. The molecule has 0 spiro atoms. The topological polar surface area (TPSA) is 77.2 Å². The Morgan fingerprint density at radius 2 is 2.00 bits per heavy atom. The number of amides is 2. The number of hydrazine groups is 1. The maximum Gasteiger partial charge on any atom is 0.414 e. The summed E-state index contributed by atoms with van der Waals surface area (Å²) in [6, 6.07) is 11.7. The Bertz CT molecular complexity index is 854. The number of cyclic esters (lactones) is 1. The summed E-state index contributed by atoms with van der Waals surface area (Å²) in [5, 5.41) is 4.85. The zero-order valence-electron chi connectivity index (χ0n) is 15.7. The van der Waals surface area contributed by atoms with E-state index >= 15 is 0 Å². The van der Waals surface area contributed by atoms with Crippen molar-refractivity contribution < 1.29 is 14.3 Å². The fourth-order valence-corrected chi connectivity index (χ4v) is 4.42. The molecule has 154 valence electrons. The van der Waals surface area contributed by atoms with Gasteiger partial charge in [0.15, 0.2) is 0 Å². The Morgan fingerprint density at radius 3 is 2.66 bits per heavy atom. The number of rotatable bonds is 7. The average molecular weight is 436 g/mol. The van der Waals surface area contributed by atoms with Crippen LogP contribution in [0.15, 0.2) is 36.4 Å². The van der Waals surface area contributed by atoms with Crippen LogP contribution in [0.1, 0.15) is 4.88 Å². The highest BCUT2D eigenvalue weighted by molar-refractivity contribution is 7.16. The van der Waals surface area contributed by atoms with Gasteiger partial charge in [0.25, 0.3) is 0 Å². The van der Waals surface area contributed by atoms with E-state index in [-0.39, 0.29) is 12.2 Å². The zero-order valence-corrected chi connectivity index (χ0v) is 17.3. The van der Waals surface area contributed by atoms with Gasteiger partial charge in [-0.25, -0.2) is 10.2 Å². The number of ether oxygens (including phenoxy) is 1. The van der Waals surface area contributed by atoms with E-state index in [0.29, 0.717) is 32.8 Å². The maximum atomic E-state index is 12.3. The van der Waals surface area contributed by atoms with Gasteiger partial charge in [0.05, 0.1) is 24.1 Å². The fourth-order valence-electron chi connectivity index (χ4n) is 3.36. The minimum absolute atomic E-state index is 0.196. The second-order valence-electron chi connectivity index (χ2n) is 6.85. The van der Waals surface area contributed by atoms with Crippen molar-refractivity contribution in [1.82, 2.24) is 15.8 Å². The van der Waals surface area contributed by atoms with Gasteiger partial charge in [0.2, 0.25) is 6.41 Å². The third-order valence-electron chi connectivity index (χ3n) is 4.90. The minimum atomic E-state index is -0.329. The molecule has 29 heavy (non-hydrogen) atoms. The fraction of sp³-hybridized carbons (Fsp3) is 0.368. The molecule has 2 saturated heterocycles. The van der Waals surface area contributed by atoms with Crippen LogP contribution in [0.5, 0.6) is 0 Å². The van der Waals surface area contributed by atoms with Gasteiger partial charge in [0.1, 0.15) is 6.10 Å². The third-order valence-corrected chi connectivity index (χ3v) is 6.13.